The second-order valence-electron chi connectivity index (χ2n) is 3.95. The summed E-state index contributed by atoms with van der Waals surface area (Å²) in [6.45, 7) is 6.13. The molecule has 0 saturated heterocycles. The average Bonchev–Trinajstić information content (AvgIpc) is 2.13. The Morgan fingerprint density at radius 2 is 2.07 bits per heavy atom. The van der Waals surface area contributed by atoms with Crippen LogP contribution < -0.4 is 11.1 Å². The number of nitrogens with two attached hydrogens (primary N) is 1. The predicted octanol–water partition coefficient (Wildman–Crippen LogP) is 0.636. The standard InChI is InChI=1S/C10H19N3O/c1-7(2)9(12)4-10(14)13-6-8(3)5-11/h7-9H,4,6,12H2,1-3H3,(H,13,14). The zero-order chi connectivity index (χ0) is 11.1. The van der Waals surface area contributed by atoms with Gasteiger partial charge in [-0.05, 0) is 12.8 Å². The van der Waals surface area contributed by atoms with Gasteiger partial charge in [0.25, 0.3) is 0 Å². The molecule has 0 fully saturated rings. The highest BCUT2D eigenvalue weighted by Crippen LogP contribution is 2.02. The van der Waals surface area contributed by atoms with Gasteiger partial charge in [-0.3, -0.25) is 4.79 Å². The van der Waals surface area contributed by atoms with Crippen LogP contribution in [0.15, 0.2) is 0 Å². The van der Waals surface area contributed by atoms with Crippen molar-refractivity contribution in [3.05, 3.63) is 0 Å². The minimum Gasteiger partial charge on any atom is -0.355 e. The van der Waals surface area contributed by atoms with Crippen LogP contribution >= 0.6 is 0 Å². The highest BCUT2D eigenvalue weighted by Gasteiger charge is 2.12. The summed E-state index contributed by atoms with van der Waals surface area (Å²) in [6.07, 6.45) is 0.329. The Bertz CT molecular complexity index is 220. The topological polar surface area (TPSA) is 78.9 Å². The zero-order valence-corrected chi connectivity index (χ0v) is 9.08. The van der Waals surface area contributed by atoms with Crippen molar-refractivity contribution in [3.8, 4) is 6.07 Å². The summed E-state index contributed by atoms with van der Waals surface area (Å²) in [4.78, 5) is 11.3. The summed E-state index contributed by atoms with van der Waals surface area (Å²) in [5, 5.41) is 11.2. The van der Waals surface area contributed by atoms with Crippen molar-refractivity contribution < 1.29 is 4.79 Å². The molecule has 2 unspecified atom stereocenters. The molecule has 0 aliphatic heterocycles. The Labute approximate surface area is 85.5 Å². The van der Waals surface area contributed by atoms with Crippen LogP contribution in [0.5, 0.6) is 0 Å². The van der Waals surface area contributed by atoms with Crippen LogP contribution in [-0.4, -0.2) is 18.5 Å². The van der Waals surface area contributed by atoms with Crippen LogP contribution in [0.1, 0.15) is 27.2 Å². The molecule has 0 heterocycles. The van der Waals surface area contributed by atoms with E-state index in [9.17, 15) is 4.79 Å². The smallest absolute Gasteiger partial charge is 0.221 e. The molecule has 0 aromatic heterocycles. The van der Waals surface area contributed by atoms with E-state index in [4.69, 9.17) is 11.0 Å². The lowest BCUT2D eigenvalue weighted by Crippen LogP contribution is -2.36. The summed E-state index contributed by atoms with van der Waals surface area (Å²) in [6, 6.07) is 1.95. The number of amides is 1. The van der Waals surface area contributed by atoms with Crippen LogP contribution in [0.25, 0.3) is 0 Å². The number of carbonyl (C=O) groups is 1. The van der Waals surface area contributed by atoms with Gasteiger partial charge >= 0.3 is 0 Å². The molecular weight excluding hydrogens is 178 g/mol. The maximum absolute atomic E-state index is 11.3. The molecule has 0 aliphatic carbocycles. The molecule has 3 N–H and O–H groups in total. The first-order valence-corrected chi connectivity index (χ1v) is 4.89. The van der Waals surface area contributed by atoms with Crippen molar-refractivity contribution in [2.24, 2.45) is 17.6 Å². The SMILES string of the molecule is CC(C#N)CNC(=O)CC(N)C(C)C. The highest BCUT2D eigenvalue weighted by atomic mass is 16.1. The third kappa shape index (κ3) is 5.55. The molecule has 0 aliphatic rings. The fraction of sp³-hybridized carbons (Fsp3) is 0.800. The first-order valence-electron chi connectivity index (χ1n) is 4.89. The van der Waals surface area contributed by atoms with Crippen LogP contribution in [0.3, 0.4) is 0 Å². The molecule has 4 heteroatoms. The molecule has 2 atom stereocenters. The van der Waals surface area contributed by atoms with E-state index < -0.39 is 0 Å². The van der Waals surface area contributed by atoms with Gasteiger partial charge in [-0.25, -0.2) is 0 Å². The Balaban J connectivity index is 3.72. The van der Waals surface area contributed by atoms with Gasteiger partial charge in [-0.2, -0.15) is 5.26 Å². The second kappa shape index (κ2) is 6.39. The zero-order valence-electron chi connectivity index (χ0n) is 9.08. The number of hydrogen-bond donors (Lipinski definition) is 2. The van der Waals surface area contributed by atoms with E-state index in [2.05, 4.69) is 11.4 Å². The first-order chi connectivity index (χ1) is 6.47. The van der Waals surface area contributed by atoms with Crippen LogP contribution in [0.4, 0.5) is 0 Å². The van der Waals surface area contributed by atoms with Crippen molar-refractivity contribution in [1.29, 1.82) is 5.26 Å². The van der Waals surface area contributed by atoms with Gasteiger partial charge < -0.3 is 11.1 Å². The molecule has 0 rings (SSSR count). The normalized spacial score (nSPS) is 14.6. The fourth-order valence-corrected chi connectivity index (χ4v) is 0.835. The van der Waals surface area contributed by atoms with Crippen LogP contribution in [0, 0.1) is 23.2 Å². The second-order valence-corrected chi connectivity index (χ2v) is 3.95. The van der Waals surface area contributed by atoms with E-state index in [1.165, 1.54) is 0 Å². The molecule has 0 bridgehead atoms. The van der Waals surface area contributed by atoms with Gasteiger partial charge in [0.05, 0.1) is 12.0 Å². The lowest BCUT2D eigenvalue weighted by molar-refractivity contribution is -0.121. The lowest BCUT2D eigenvalue weighted by atomic mass is 10.0. The molecule has 0 spiro atoms. The van der Waals surface area contributed by atoms with Crippen molar-refractivity contribution in [3.63, 3.8) is 0 Å². The number of carbonyl (C=O) groups excluding carboxylic acids is 1. The molecule has 4 nitrogen and oxygen atoms in total. The van der Waals surface area contributed by atoms with Gasteiger partial charge in [0.15, 0.2) is 0 Å². The fourth-order valence-electron chi connectivity index (χ4n) is 0.835. The van der Waals surface area contributed by atoms with Crippen molar-refractivity contribution >= 4 is 5.91 Å². The van der Waals surface area contributed by atoms with Gasteiger partial charge in [0.2, 0.25) is 5.91 Å². The lowest BCUT2D eigenvalue weighted by Gasteiger charge is -2.15. The van der Waals surface area contributed by atoms with Crippen molar-refractivity contribution in [1.82, 2.24) is 5.32 Å². The third-order valence-electron chi connectivity index (χ3n) is 2.10. The molecule has 1 amide bonds. The summed E-state index contributed by atoms with van der Waals surface area (Å²) >= 11 is 0. The Hall–Kier alpha value is -1.08. The maximum atomic E-state index is 11.3. The number of nitrogens with one attached hydrogen (secondary N) is 1. The van der Waals surface area contributed by atoms with E-state index in [0.717, 1.165) is 0 Å². The molecule has 0 radical (unpaired) electrons. The van der Waals surface area contributed by atoms with Gasteiger partial charge in [-0.1, -0.05) is 13.8 Å². The first kappa shape index (κ1) is 12.9. The molecule has 0 aromatic carbocycles. The number of nitriles is 1. The molecule has 0 aromatic rings. The van der Waals surface area contributed by atoms with Gasteiger partial charge in [0.1, 0.15) is 0 Å². The molecule has 14 heavy (non-hydrogen) atoms. The number of rotatable bonds is 5. The predicted molar refractivity (Wildman–Crippen MR) is 55.2 cm³/mol. The molecular formula is C10H19N3O. The highest BCUT2D eigenvalue weighted by molar-refractivity contribution is 5.76. The van der Waals surface area contributed by atoms with Gasteiger partial charge in [-0.15, -0.1) is 0 Å². The van der Waals surface area contributed by atoms with Crippen molar-refractivity contribution in [2.75, 3.05) is 6.54 Å². The average molecular weight is 197 g/mol. The van der Waals surface area contributed by atoms with E-state index in [1.54, 1.807) is 6.92 Å². The summed E-state index contributed by atoms with van der Waals surface area (Å²) in [5.41, 5.74) is 5.73. The Kier molecular flexibility index (Phi) is 5.89. The maximum Gasteiger partial charge on any atom is 0.221 e. The quantitative estimate of drug-likeness (QED) is 0.678. The van der Waals surface area contributed by atoms with Crippen LogP contribution in [-0.2, 0) is 4.79 Å². The molecule has 0 saturated carbocycles. The minimum atomic E-state index is -0.144. The van der Waals surface area contributed by atoms with Crippen LogP contribution in [0.2, 0.25) is 0 Å². The number of nitrogens with zero attached hydrogens (tertiary/aromatic N) is 1. The van der Waals surface area contributed by atoms with E-state index >= 15 is 0 Å². The van der Waals surface area contributed by atoms with E-state index in [0.29, 0.717) is 18.9 Å². The Morgan fingerprint density at radius 1 is 1.50 bits per heavy atom. The molecule has 80 valence electrons. The number of hydrogen-bond acceptors (Lipinski definition) is 3. The third-order valence-corrected chi connectivity index (χ3v) is 2.10. The monoisotopic (exact) mass is 197 g/mol. The summed E-state index contributed by atoms with van der Waals surface area (Å²) in [5.74, 6) is 0.0802. The van der Waals surface area contributed by atoms with E-state index in [1.807, 2.05) is 13.8 Å². The Morgan fingerprint density at radius 3 is 2.50 bits per heavy atom. The van der Waals surface area contributed by atoms with Crippen molar-refractivity contribution in [2.45, 2.75) is 33.2 Å². The van der Waals surface area contributed by atoms with E-state index in [-0.39, 0.29) is 17.9 Å². The summed E-state index contributed by atoms with van der Waals surface area (Å²) < 4.78 is 0. The largest absolute Gasteiger partial charge is 0.355 e. The van der Waals surface area contributed by atoms with Gasteiger partial charge in [0, 0.05) is 19.0 Å². The summed E-state index contributed by atoms with van der Waals surface area (Å²) in [7, 11) is 0. The minimum absolute atomic E-state index is 0.0756.